The molecule has 135 heavy (non-hydrogen) atoms. The van der Waals surface area contributed by atoms with Crippen LogP contribution in [-0.2, 0) is 122 Å². The Morgan fingerprint density at radius 3 is 1.25 bits per heavy atom. The number of aromatic nitrogens is 24. The number of nitrogens with one attached hydrogen (secondary N) is 6. The lowest BCUT2D eigenvalue weighted by Gasteiger charge is -2.43. The van der Waals surface area contributed by atoms with Crippen LogP contribution in [0.4, 0.5) is 31.0 Å². The Morgan fingerprint density at radius 2 is 0.778 bits per heavy atom. The van der Waals surface area contributed by atoms with Crippen LogP contribution in [0.15, 0.2) is 85.7 Å². The number of fused-ring (bicyclic) bond motifs is 13. The minimum Gasteiger partial charge on any atom is -0.386 e. The van der Waals surface area contributed by atoms with Crippen molar-refractivity contribution >= 4 is 154 Å². The summed E-state index contributed by atoms with van der Waals surface area (Å²) in [5.74, 6) is -0.758. The Hall–Kier alpha value is -9.56. The van der Waals surface area contributed by atoms with Crippen LogP contribution in [0.25, 0.3) is 67.0 Å². The van der Waals surface area contributed by atoms with E-state index >= 15 is 13.2 Å². The van der Waals surface area contributed by atoms with Crippen molar-refractivity contribution in [2.75, 3.05) is 63.4 Å². The third kappa shape index (κ3) is 17.5. The molecule has 724 valence electrons. The van der Waals surface area contributed by atoms with Gasteiger partial charge in [-0.15, -0.1) is 0 Å². The first-order valence-electron chi connectivity index (χ1n) is 39.0. The number of aliphatic hydroxyl groups is 1. The lowest BCUT2D eigenvalue weighted by Crippen LogP contribution is -2.61. The largest absolute Gasteiger partial charge is 0.472 e. The molecule has 6 bridgehead atoms. The van der Waals surface area contributed by atoms with E-state index < -0.39 is 252 Å². The van der Waals surface area contributed by atoms with E-state index in [4.69, 9.17) is 116 Å². The molecule has 6 unspecified atom stereocenters. The number of H-pyrrole nitrogens is 6. The number of rotatable bonds is 6. The number of imidazole rings is 6. The van der Waals surface area contributed by atoms with Gasteiger partial charge in [-0.2, -0.15) is 15.0 Å². The first-order valence-corrected chi connectivity index (χ1v) is 50.3. The SMILES string of the molecule is Nc1nc2c(ncn2[C@@H]2O[C@@H]3COP(=O)(O)O[C@H]4[C@H](F)[C@H](n5cnc6c(=O)[nH]cnc65)O[C@@H]4COP(=O)(O)O[C@@H]2[C@@H]3F)c(=O)[nH]1.Nc1nc2c(ncn2[C@@H]2O[C@@H]3COP(O)(=S)O[C@H]4[C@H](F)[C@H](n5cnc6c(=O)[nH]cnc65)O[C@@H]4COP(=O)(S)O[C@@H]2C3)c(=O)[nH]1.Nc1nc2c(ncn2[C@@H]2O[C@@]34CO[C@H]3[C@H]2OP(=O)(O)OC[C@H]2O[C@@H](n3cnc5c(=O)[nH]cnc53)[C@H](O)[C@@H]2OP(=O)(O)OC4)c(=O)[nH]1. The van der Waals surface area contributed by atoms with E-state index in [-0.39, 0.29) is 104 Å². The highest BCUT2D eigenvalue weighted by Crippen LogP contribution is 2.62. The molecule has 10 fully saturated rings. The minimum absolute atomic E-state index is 0.00210. The Labute approximate surface area is 750 Å². The molecule has 0 radical (unpaired) electrons. The molecule has 0 aliphatic carbocycles. The zero-order valence-corrected chi connectivity index (χ0v) is 74.0. The molecule has 63 nitrogen and oxygen atoms in total. The van der Waals surface area contributed by atoms with E-state index in [9.17, 15) is 81.2 Å². The smallest absolute Gasteiger partial charge is 0.386 e. The average Bonchev–Trinajstić information content (AvgIpc) is 1.55. The highest BCUT2D eigenvalue weighted by atomic mass is 32.7. The quantitative estimate of drug-likeness (QED) is 0.0606. The Kier molecular flexibility index (Phi) is 24.0. The van der Waals surface area contributed by atoms with Crippen LogP contribution in [-0.4, -0.2) is 296 Å². The molecule has 0 saturated carbocycles. The van der Waals surface area contributed by atoms with Gasteiger partial charge in [-0.05, 0) is 11.8 Å². The number of phosphoric acid groups is 4. The summed E-state index contributed by atoms with van der Waals surface area (Å²) in [7, 11) is -20.6. The van der Waals surface area contributed by atoms with Crippen LogP contribution in [0.1, 0.15) is 43.8 Å². The van der Waals surface area contributed by atoms with Crippen LogP contribution in [0.3, 0.4) is 0 Å². The van der Waals surface area contributed by atoms with Crippen LogP contribution in [0, 0.1) is 0 Å². The van der Waals surface area contributed by atoms with E-state index in [0.29, 0.717) is 0 Å². The monoisotopic (exact) mass is 2060 g/mol. The molecule has 18 N–H and O–H groups in total. The molecule has 10 saturated heterocycles. The van der Waals surface area contributed by atoms with Gasteiger partial charge < -0.3 is 99.4 Å². The van der Waals surface area contributed by atoms with E-state index in [1.807, 2.05) is 0 Å². The number of alkyl halides is 3. The summed E-state index contributed by atoms with van der Waals surface area (Å²) in [4.78, 5) is 189. The molecule has 29 atom stereocenters. The lowest BCUT2D eigenvalue weighted by atomic mass is 9.91. The number of aliphatic hydroxyl groups excluding tert-OH is 1. The molecule has 0 spiro atoms. The highest BCUT2D eigenvalue weighted by molar-refractivity contribution is 8.44. The number of halogens is 3. The van der Waals surface area contributed by atoms with Gasteiger partial charge in [0.25, 0.3) is 33.4 Å². The van der Waals surface area contributed by atoms with E-state index in [2.05, 4.69) is 102 Å². The summed E-state index contributed by atoms with van der Waals surface area (Å²) in [6, 6.07) is 0. The summed E-state index contributed by atoms with van der Waals surface area (Å²) < 4.78 is 225. The first-order chi connectivity index (χ1) is 64.1. The normalized spacial score (nSPS) is 38.0. The van der Waals surface area contributed by atoms with Gasteiger partial charge in [-0.3, -0.25) is 121 Å². The first kappa shape index (κ1) is 93.1. The molecule has 0 aromatic carbocycles. The predicted octanol–water partition coefficient (Wildman–Crippen LogP) is -2.47. The Balaban J connectivity index is 0.000000126. The average molecular weight is 2060 g/mol. The van der Waals surface area contributed by atoms with Gasteiger partial charge in [0.05, 0.1) is 109 Å². The summed E-state index contributed by atoms with van der Waals surface area (Å²) in [5, 5.41) is 11.2. The Bertz CT molecular complexity index is 7420. The van der Waals surface area contributed by atoms with Gasteiger partial charge in [0.15, 0.2) is 123 Å². The second kappa shape index (κ2) is 34.8. The number of phosphoric ester groups is 4. The van der Waals surface area contributed by atoms with Crippen molar-refractivity contribution in [1.29, 1.82) is 0 Å². The second-order valence-electron chi connectivity index (χ2n) is 30.8. The topological polar surface area (TPSA) is 842 Å². The maximum Gasteiger partial charge on any atom is 0.472 e. The predicted molar refractivity (Wildman–Crippen MR) is 437 cm³/mol. The van der Waals surface area contributed by atoms with Gasteiger partial charge in [-0.25, -0.2) is 80.9 Å². The molecule has 22 rings (SSSR count). The fraction of sp³-hybridized carbons (Fsp3) is 0.508. The van der Waals surface area contributed by atoms with Crippen LogP contribution in [0.5, 0.6) is 0 Å². The van der Waals surface area contributed by atoms with Crippen molar-refractivity contribution in [2.24, 2.45) is 0 Å². The van der Waals surface area contributed by atoms with Gasteiger partial charge in [0, 0.05) is 6.42 Å². The summed E-state index contributed by atoms with van der Waals surface area (Å²) >= 11 is 9.28. The van der Waals surface area contributed by atoms with Crippen LogP contribution >= 0.6 is 57.1 Å². The summed E-state index contributed by atoms with van der Waals surface area (Å²) in [5.41, 5.74) is 10.7. The second-order valence-corrected chi connectivity index (χ2v) is 42.1. The number of aromatic amines is 6. The molecule has 10 aliphatic rings. The Morgan fingerprint density at radius 1 is 0.400 bits per heavy atom. The van der Waals surface area contributed by atoms with Crippen molar-refractivity contribution in [3.8, 4) is 0 Å². The fourth-order valence-corrected chi connectivity index (χ4v) is 23.2. The fourth-order valence-electron chi connectivity index (χ4n) is 16.4. The molecule has 12 aromatic rings. The maximum atomic E-state index is 15.9. The third-order valence-electron chi connectivity index (χ3n) is 22.4. The van der Waals surface area contributed by atoms with Gasteiger partial charge in [-0.1, -0.05) is 12.2 Å². The number of thiol groups is 1. The molecule has 10 aliphatic heterocycles. The number of nitrogen functional groups attached to an aromatic ring is 3. The molecule has 0 amide bonds. The molecular weight excluding hydrogens is 1990 g/mol. The van der Waals surface area contributed by atoms with Gasteiger partial charge in [0.2, 0.25) is 17.8 Å². The van der Waals surface area contributed by atoms with Crippen molar-refractivity contribution in [2.45, 2.75) is 147 Å². The summed E-state index contributed by atoms with van der Waals surface area (Å²) in [6.07, 6.45) is -24.8. The molecular formula is C61H66F3N27O36P6S2. The van der Waals surface area contributed by atoms with Crippen molar-refractivity contribution in [1.82, 2.24) is 117 Å². The van der Waals surface area contributed by atoms with E-state index in [1.54, 1.807) is 0 Å². The zero-order valence-electron chi connectivity index (χ0n) is 66.9. The molecule has 12 aromatic heterocycles. The number of ether oxygens (including phenoxy) is 7. The maximum absolute atomic E-state index is 15.9. The van der Waals surface area contributed by atoms with Crippen molar-refractivity contribution in [3.63, 3.8) is 0 Å². The van der Waals surface area contributed by atoms with Gasteiger partial charge in [0.1, 0.15) is 78.8 Å². The lowest BCUT2D eigenvalue weighted by molar-refractivity contribution is -0.244. The number of hydrogen-bond donors (Lipinski definition) is 16. The number of nitrogens with two attached hydrogens (primary N) is 3. The van der Waals surface area contributed by atoms with Crippen molar-refractivity contribution < 1.29 is 153 Å². The number of anilines is 3. The molecule has 74 heteroatoms. The van der Waals surface area contributed by atoms with Gasteiger partial charge >= 0.3 is 44.8 Å². The minimum atomic E-state index is -5.26. The number of nitrogens with zero attached hydrogens (tertiary/aromatic N) is 18. The molecule has 22 heterocycles. The van der Waals surface area contributed by atoms with E-state index in [1.165, 1.54) is 30.9 Å². The third-order valence-corrected chi connectivity index (χ3v) is 29.5. The van der Waals surface area contributed by atoms with Crippen molar-refractivity contribution in [3.05, 3.63) is 119 Å². The standard InChI is InChI=1S/C21H23N9O14P2.C20H21F2N9O12P2.C20H22FN9O10P2S2/c22-20-27-15-9(17(33)28-20)26-6-30(15)19-12-13-21(42-19,2-38-13)3-40-46(36,37)43-11-7(1-39-45(34,35)44-12)41-18(10(11)31)29-5-25-8-14(29)23-4-24-16(8)32;21-8-6-1-38-44(34,35)42-12-7(41-18(9(12)22)30-4-26-10-14(30)24-3-25-16(10)32)2-39-45(36,37)43-13(8)19(40-6)31-5-27-11-15(31)28-20(23)29-17(11)33;21-10-13-9(38-19(10)29-5-25-11-14(29)23-4-24-16(11)31)3-36-41(33,43)39-8-1-7(2-35-42(34,44)40-13)37-18(8)30-6-26-12-15(30)27-20(22)28-17(12)32/h4-7,10-13,18-19,31H,1-3H2,(H,34,35)(H,36,37)(H,23,24,32)(H3,22,27,28,33);3-9,12-13,18-19H,1-2H2,(H,34,35)(H,36,37)(H,24,25,32)(H3,23,28,29,33);4-10,13,18-19H,1-3H2,(H,33,43)(H,34,44)(H,23,24,31)(H3,22,27,28,32)/t7-,10-,11-,12-,13+,18-,19-,21-;6-,7-,8-,9+,12-,13-,18-,19-;7-,8+,9+,10-,13+,18+,19+,41?,42?/m110/s1. The number of hydrogen-bond acceptors (Lipinski definition) is 47. The van der Waals surface area contributed by atoms with Crippen LogP contribution < -0.4 is 50.6 Å². The van der Waals surface area contributed by atoms with Crippen LogP contribution in [0.2, 0.25) is 0 Å². The summed E-state index contributed by atoms with van der Waals surface area (Å²) in [6.45, 7) is -13.0. The highest BCUT2D eigenvalue weighted by Gasteiger charge is 2.67. The van der Waals surface area contributed by atoms with E-state index in [0.717, 1.165) is 53.4 Å². The zero-order chi connectivity index (χ0) is 95.0.